The van der Waals surface area contributed by atoms with E-state index in [1.165, 1.54) is 6.04 Å². The van der Waals surface area contributed by atoms with Gasteiger partial charge in [0.05, 0.1) is 0 Å². The molecule has 1 saturated heterocycles. The van der Waals surface area contributed by atoms with Crippen molar-refractivity contribution >= 4 is 19.6 Å². The van der Waals surface area contributed by atoms with Crippen molar-refractivity contribution in [3.8, 4) is 0 Å². The highest BCUT2D eigenvalue weighted by molar-refractivity contribution is 6.48. The van der Waals surface area contributed by atoms with Crippen molar-refractivity contribution in [3.63, 3.8) is 0 Å². The summed E-state index contributed by atoms with van der Waals surface area (Å²) >= 11 is 0. The third-order valence-electron chi connectivity index (χ3n) is 0.541. The SMILES string of the molecule is C1C[Si]N[Si]O1. The summed E-state index contributed by atoms with van der Waals surface area (Å²) in [5, 5.41) is 0. The maximum Gasteiger partial charge on any atom is 0.329 e. The summed E-state index contributed by atoms with van der Waals surface area (Å²) in [6.07, 6.45) is 0. The van der Waals surface area contributed by atoms with Crippen LogP contribution in [0.2, 0.25) is 6.04 Å². The molecule has 0 aromatic rings. The Balaban J connectivity index is 2.00. The van der Waals surface area contributed by atoms with Crippen LogP contribution in [0, 0.1) is 0 Å². The van der Waals surface area contributed by atoms with Crippen molar-refractivity contribution in [3.05, 3.63) is 0 Å². The van der Waals surface area contributed by atoms with Crippen LogP contribution < -0.4 is 4.65 Å². The van der Waals surface area contributed by atoms with Crippen molar-refractivity contribution in [2.24, 2.45) is 0 Å². The molecule has 0 aromatic carbocycles. The number of rotatable bonds is 0. The van der Waals surface area contributed by atoms with Crippen LogP contribution in [0.3, 0.4) is 0 Å². The van der Waals surface area contributed by atoms with E-state index >= 15 is 0 Å². The molecule has 0 unspecified atom stereocenters. The molecule has 0 saturated carbocycles. The predicted molar refractivity (Wildman–Crippen MR) is 25.4 cm³/mol. The molecule has 0 spiro atoms. The average Bonchev–Trinajstić information content (AvgIpc) is 1.72. The minimum Gasteiger partial charge on any atom is -0.403 e. The molecule has 0 aromatic heterocycles. The van der Waals surface area contributed by atoms with Crippen molar-refractivity contribution in [1.82, 2.24) is 4.65 Å². The average molecular weight is 115 g/mol. The maximum atomic E-state index is 4.99. The first-order valence-corrected chi connectivity index (χ1v) is 3.96. The van der Waals surface area contributed by atoms with E-state index in [-0.39, 0.29) is 0 Å². The molecule has 4 radical (unpaired) electrons. The summed E-state index contributed by atoms with van der Waals surface area (Å²) in [5.41, 5.74) is 0. The molecule has 0 bridgehead atoms. The summed E-state index contributed by atoms with van der Waals surface area (Å²) in [4.78, 5) is 0. The fourth-order valence-electron chi connectivity index (χ4n) is 0.288. The molecular weight excluding hydrogens is 110 g/mol. The van der Waals surface area contributed by atoms with Gasteiger partial charge in [-0.15, -0.1) is 0 Å². The Hall–Kier alpha value is 0.354. The molecule has 1 heterocycles. The lowest BCUT2D eigenvalue weighted by molar-refractivity contribution is 0.349. The van der Waals surface area contributed by atoms with Gasteiger partial charge in [-0.3, -0.25) is 0 Å². The Bertz CT molecular complexity index is 27.0. The van der Waals surface area contributed by atoms with Crippen LogP contribution in [-0.4, -0.2) is 26.2 Å². The van der Waals surface area contributed by atoms with Gasteiger partial charge < -0.3 is 9.07 Å². The van der Waals surface area contributed by atoms with E-state index in [9.17, 15) is 0 Å². The number of hydrogen-bond donors (Lipinski definition) is 1. The van der Waals surface area contributed by atoms with Gasteiger partial charge in [0.15, 0.2) is 0 Å². The molecule has 0 amide bonds. The first kappa shape index (κ1) is 4.51. The van der Waals surface area contributed by atoms with Crippen molar-refractivity contribution in [2.45, 2.75) is 6.04 Å². The first-order chi connectivity index (χ1) is 3.00. The molecule has 1 rings (SSSR count). The molecule has 1 N–H and O–H groups in total. The molecule has 1 aliphatic rings. The van der Waals surface area contributed by atoms with E-state index in [0.717, 1.165) is 16.3 Å². The van der Waals surface area contributed by atoms with Crippen LogP contribution >= 0.6 is 0 Å². The minimum atomic E-state index is 0.564. The van der Waals surface area contributed by atoms with E-state index in [1.54, 1.807) is 0 Å². The normalized spacial score (nSPS) is 24.0. The van der Waals surface area contributed by atoms with Gasteiger partial charge in [-0.2, -0.15) is 0 Å². The van der Waals surface area contributed by atoms with Gasteiger partial charge in [0.25, 0.3) is 0 Å². The molecule has 4 heteroatoms. The van der Waals surface area contributed by atoms with Crippen LogP contribution in [0.1, 0.15) is 0 Å². The van der Waals surface area contributed by atoms with E-state index in [0.29, 0.717) is 9.92 Å². The smallest absolute Gasteiger partial charge is 0.329 e. The third-order valence-corrected chi connectivity index (χ3v) is 2.46. The molecule has 1 aliphatic heterocycles. The second-order valence-corrected chi connectivity index (χ2v) is 3.35. The molecule has 0 atom stereocenters. The lowest BCUT2D eigenvalue weighted by Crippen LogP contribution is -2.32. The largest absolute Gasteiger partial charge is 0.403 e. The third kappa shape index (κ3) is 1.21. The Morgan fingerprint density at radius 3 is 2.83 bits per heavy atom. The van der Waals surface area contributed by atoms with Crippen molar-refractivity contribution < 1.29 is 4.43 Å². The van der Waals surface area contributed by atoms with E-state index in [2.05, 4.69) is 4.65 Å². The van der Waals surface area contributed by atoms with Gasteiger partial charge in [0.1, 0.15) is 9.68 Å². The Morgan fingerprint density at radius 2 is 2.67 bits per heavy atom. The summed E-state index contributed by atoms with van der Waals surface area (Å²) < 4.78 is 8.11. The summed E-state index contributed by atoms with van der Waals surface area (Å²) in [6, 6.07) is 1.20. The van der Waals surface area contributed by atoms with Crippen LogP contribution in [0.25, 0.3) is 0 Å². The van der Waals surface area contributed by atoms with Gasteiger partial charge >= 0.3 is 9.92 Å². The quantitative estimate of drug-likeness (QED) is 0.416. The predicted octanol–water partition coefficient (Wildman–Crippen LogP) is -0.822. The zero-order chi connectivity index (χ0) is 4.24. The van der Waals surface area contributed by atoms with Crippen molar-refractivity contribution in [2.75, 3.05) is 6.61 Å². The zero-order valence-electron chi connectivity index (χ0n) is 3.32. The Labute approximate surface area is 42.2 Å². The van der Waals surface area contributed by atoms with E-state index in [1.807, 2.05) is 0 Å². The minimum absolute atomic E-state index is 0.564. The standard InChI is InChI=1S/C2H5NOSi2/c1-2-5-3-6-4-1/h3H,1-2H2. The van der Waals surface area contributed by atoms with E-state index < -0.39 is 0 Å². The highest BCUT2D eigenvalue weighted by Crippen LogP contribution is 1.81. The fraction of sp³-hybridized carbons (Fsp3) is 1.00. The van der Waals surface area contributed by atoms with Gasteiger partial charge in [-0.25, -0.2) is 0 Å². The second kappa shape index (κ2) is 2.51. The van der Waals surface area contributed by atoms with Gasteiger partial charge in [-0.05, 0) is 6.04 Å². The van der Waals surface area contributed by atoms with Crippen molar-refractivity contribution in [1.29, 1.82) is 0 Å². The summed E-state index contributed by atoms with van der Waals surface area (Å²) in [6.45, 7) is 0.962. The highest BCUT2D eigenvalue weighted by Gasteiger charge is 1.98. The Kier molecular flexibility index (Phi) is 1.89. The van der Waals surface area contributed by atoms with Crippen LogP contribution in [0.15, 0.2) is 0 Å². The molecule has 6 heavy (non-hydrogen) atoms. The van der Waals surface area contributed by atoms with Crippen LogP contribution in [-0.2, 0) is 4.43 Å². The van der Waals surface area contributed by atoms with Crippen LogP contribution in [0.4, 0.5) is 0 Å². The van der Waals surface area contributed by atoms with Crippen LogP contribution in [0.5, 0.6) is 0 Å². The topological polar surface area (TPSA) is 21.3 Å². The molecule has 1 fully saturated rings. The first-order valence-electron chi connectivity index (χ1n) is 1.85. The van der Waals surface area contributed by atoms with Gasteiger partial charge in [0.2, 0.25) is 0 Å². The molecule has 2 nitrogen and oxygen atoms in total. The zero-order valence-corrected chi connectivity index (χ0v) is 5.32. The monoisotopic (exact) mass is 115 g/mol. The number of nitrogens with one attached hydrogen (secondary N) is 1. The molecular formula is C2H5NOSi2. The number of hydrogen-bond acceptors (Lipinski definition) is 2. The second-order valence-electron chi connectivity index (χ2n) is 1.00. The lowest BCUT2D eigenvalue weighted by atomic mass is 10.9. The fourth-order valence-corrected chi connectivity index (χ4v) is 1.98. The molecule has 32 valence electrons. The lowest BCUT2D eigenvalue weighted by Gasteiger charge is -2.06. The van der Waals surface area contributed by atoms with E-state index in [4.69, 9.17) is 4.43 Å². The molecule has 0 aliphatic carbocycles. The summed E-state index contributed by atoms with van der Waals surface area (Å²) in [5.74, 6) is 0. The maximum absolute atomic E-state index is 4.99. The Morgan fingerprint density at radius 1 is 1.67 bits per heavy atom. The highest BCUT2D eigenvalue weighted by atomic mass is 28.3. The van der Waals surface area contributed by atoms with Gasteiger partial charge in [-0.1, -0.05) is 0 Å². The summed E-state index contributed by atoms with van der Waals surface area (Å²) in [7, 11) is 1.50. The van der Waals surface area contributed by atoms with Gasteiger partial charge in [0, 0.05) is 6.61 Å².